The SMILES string of the molecule is COc1ccc2c(O[C@@H]3C[C@H]4C(=O)N[C@]5(C(=O)O)CC5CCCCCCC[C@H](NC(=O)N[C@H](CN(C)S(=O)(=O)N(C)C)C(C)(C)C)C(=O)N4C3)cc(-c3csc(NC(C)C)n3)nc2c1. The fourth-order valence-corrected chi connectivity index (χ4v) is 10.2. The van der Waals surface area contributed by atoms with Crippen LogP contribution in [-0.2, 0) is 24.6 Å². The highest BCUT2D eigenvalue weighted by Crippen LogP contribution is 2.48. The zero-order valence-electron chi connectivity index (χ0n) is 38.4. The number of rotatable bonds is 13. The van der Waals surface area contributed by atoms with E-state index in [9.17, 15) is 32.7 Å². The van der Waals surface area contributed by atoms with Gasteiger partial charge in [0.05, 0.1) is 24.9 Å². The van der Waals surface area contributed by atoms with E-state index in [0.717, 1.165) is 35.1 Å². The fraction of sp³-hybridized carbons (Fsp3) is 0.636. The Morgan fingerprint density at radius 1 is 1.05 bits per heavy atom. The normalized spacial score (nSPS) is 24.0. The van der Waals surface area contributed by atoms with Crippen LogP contribution < -0.4 is 30.7 Å². The van der Waals surface area contributed by atoms with Gasteiger partial charge in [0.15, 0.2) is 5.13 Å². The molecule has 1 unspecified atom stereocenters. The number of hydrogen-bond donors (Lipinski definition) is 5. The van der Waals surface area contributed by atoms with E-state index in [4.69, 9.17) is 19.4 Å². The lowest BCUT2D eigenvalue weighted by Gasteiger charge is -2.35. The lowest BCUT2D eigenvalue weighted by atomic mass is 9.87. The van der Waals surface area contributed by atoms with E-state index in [1.807, 2.05) is 46.1 Å². The Kier molecular flexibility index (Phi) is 15.0. The van der Waals surface area contributed by atoms with Gasteiger partial charge in [-0.2, -0.15) is 17.0 Å². The number of benzene rings is 1. The zero-order valence-corrected chi connectivity index (χ0v) is 40.0. The van der Waals surface area contributed by atoms with E-state index in [1.165, 1.54) is 41.7 Å². The van der Waals surface area contributed by atoms with Crippen LogP contribution in [0.15, 0.2) is 29.6 Å². The Morgan fingerprint density at radius 3 is 2.41 bits per heavy atom. The first-order chi connectivity index (χ1) is 30.1. The maximum atomic E-state index is 14.9. The number of urea groups is 1. The maximum absolute atomic E-state index is 14.9. The Morgan fingerprint density at radius 2 is 1.75 bits per heavy atom. The summed E-state index contributed by atoms with van der Waals surface area (Å²) in [6.07, 6.45) is 4.48. The number of methoxy groups -OCH3 is 1. The third-order valence-corrected chi connectivity index (χ3v) is 15.1. The van der Waals surface area contributed by atoms with Crippen molar-refractivity contribution < 1.29 is 42.2 Å². The van der Waals surface area contributed by atoms with Gasteiger partial charge >= 0.3 is 12.0 Å². The number of carboxylic acids is 1. The first kappa shape index (κ1) is 48.7. The molecule has 1 aliphatic carbocycles. The van der Waals surface area contributed by atoms with Crippen LogP contribution in [0.2, 0.25) is 0 Å². The summed E-state index contributed by atoms with van der Waals surface area (Å²) in [5.41, 5.74) is -0.261. The van der Waals surface area contributed by atoms with Gasteiger partial charge in [-0.3, -0.25) is 9.59 Å². The van der Waals surface area contributed by atoms with Gasteiger partial charge in [0.1, 0.15) is 40.9 Å². The summed E-state index contributed by atoms with van der Waals surface area (Å²) in [4.78, 5) is 67.1. The summed E-state index contributed by atoms with van der Waals surface area (Å²) in [7, 11) is 2.09. The van der Waals surface area contributed by atoms with Crippen molar-refractivity contribution in [3.8, 4) is 22.9 Å². The van der Waals surface area contributed by atoms with Crippen LogP contribution in [-0.4, -0.2) is 138 Å². The molecule has 4 heterocycles. The van der Waals surface area contributed by atoms with Crippen molar-refractivity contribution in [3.63, 3.8) is 0 Å². The number of aliphatic carboxylic acids is 1. The van der Waals surface area contributed by atoms with E-state index in [0.29, 0.717) is 53.1 Å². The minimum absolute atomic E-state index is 0.0352. The van der Waals surface area contributed by atoms with Crippen molar-refractivity contribution in [2.75, 3.05) is 46.7 Å². The number of ether oxygens (including phenoxy) is 2. The molecule has 20 heteroatoms. The van der Waals surface area contributed by atoms with Crippen molar-refractivity contribution in [1.82, 2.24) is 39.4 Å². The number of aromatic nitrogens is 2. The first-order valence-corrected chi connectivity index (χ1v) is 24.3. The van der Waals surface area contributed by atoms with Crippen LogP contribution in [0.3, 0.4) is 0 Å². The summed E-state index contributed by atoms with van der Waals surface area (Å²) in [5.74, 6) is -1.40. The number of nitrogens with one attached hydrogen (secondary N) is 4. The molecule has 1 saturated carbocycles. The van der Waals surface area contributed by atoms with Gasteiger partial charge in [-0.1, -0.05) is 52.9 Å². The number of thiazole rings is 1. The fourth-order valence-electron chi connectivity index (χ4n) is 8.49. The molecule has 18 nitrogen and oxygen atoms in total. The highest BCUT2D eigenvalue weighted by atomic mass is 32.2. The molecule has 6 atom stereocenters. The molecule has 2 saturated heterocycles. The molecule has 4 amide bonds. The summed E-state index contributed by atoms with van der Waals surface area (Å²) < 4.78 is 40.4. The Balaban J connectivity index is 1.32. The monoisotopic (exact) mass is 927 g/mol. The van der Waals surface area contributed by atoms with Gasteiger partial charge < -0.3 is 40.7 Å². The highest BCUT2D eigenvalue weighted by molar-refractivity contribution is 7.86. The molecule has 2 aromatic heterocycles. The Labute approximate surface area is 380 Å². The summed E-state index contributed by atoms with van der Waals surface area (Å²) >= 11 is 1.45. The van der Waals surface area contributed by atoms with Gasteiger partial charge in [-0.25, -0.2) is 19.6 Å². The molecule has 5 N–H and O–H groups in total. The van der Waals surface area contributed by atoms with Crippen LogP contribution in [0.4, 0.5) is 9.93 Å². The number of anilines is 1. The number of likely N-dealkylation sites (N-methyl/N-ethyl adjacent to an activating group) is 1. The molecule has 1 aromatic carbocycles. The summed E-state index contributed by atoms with van der Waals surface area (Å²) in [5, 5.41) is 25.7. The third-order valence-electron chi connectivity index (χ3n) is 12.4. The van der Waals surface area contributed by atoms with Crippen molar-refractivity contribution in [1.29, 1.82) is 0 Å². The molecule has 3 fully saturated rings. The summed E-state index contributed by atoms with van der Waals surface area (Å²) in [6.45, 7) is 9.63. The quantitative estimate of drug-likeness (QED) is 0.152. The average molecular weight is 928 g/mol. The average Bonchev–Trinajstić information content (AvgIpc) is 3.48. The Bertz CT molecular complexity index is 2300. The molecular formula is C44H65N9O9S2. The smallest absolute Gasteiger partial charge is 0.329 e. The first-order valence-electron chi connectivity index (χ1n) is 22.1. The number of amides is 4. The standard InChI is InChI=1S/C44H65N9O9S2/c1-26(2)45-42-48-34(25-63-42)33-21-36(30-18-17-28(61-9)19-32(30)46-33)62-29-20-35-38(54)50-44(40(56)57)22-27(44)15-13-11-10-12-14-16-31(39(55)53(35)23-29)47-41(58)49-37(43(3,4)5)24-52(8)64(59,60)51(6)7/h17-19,21,25-27,29,31,35,37H,10-16,20,22-24H2,1-9H3,(H,45,48)(H,50,54)(H,56,57)(H2,47,49,58)/t27?,29-,31+,35+,37-,44-/m1/s1. The molecule has 0 spiro atoms. The number of carbonyl (C=O) groups is 4. The number of fused-ring (bicyclic) bond motifs is 3. The van der Waals surface area contributed by atoms with E-state index in [2.05, 4.69) is 21.3 Å². The number of carbonyl (C=O) groups excluding carboxylic acids is 3. The van der Waals surface area contributed by atoms with Crippen LogP contribution >= 0.6 is 11.3 Å². The second-order valence-electron chi connectivity index (χ2n) is 18.9. The minimum atomic E-state index is -3.79. The number of carboxylic acid groups (broad SMARTS) is 1. The molecule has 6 rings (SSSR count). The molecule has 0 bridgehead atoms. The number of hydrogen-bond acceptors (Lipinski definition) is 12. The second kappa shape index (κ2) is 19.8. The largest absolute Gasteiger partial charge is 0.497 e. The van der Waals surface area contributed by atoms with E-state index in [1.54, 1.807) is 25.3 Å². The molecule has 0 radical (unpaired) electrons. The molecular weight excluding hydrogens is 863 g/mol. The Hall–Kier alpha value is -4.79. The minimum Gasteiger partial charge on any atom is -0.497 e. The van der Waals surface area contributed by atoms with Crippen molar-refractivity contribution in [2.24, 2.45) is 11.3 Å². The van der Waals surface area contributed by atoms with E-state index >= 15 is 0 Å². The molecule has 3 aliphatic rings. The summed E-state index contributed by atoms with van der Waals surface area (Å²) in [6, 6.07) is 3.88. The van der Waals surface area contributed by atoms with Crippen LogP contribution in [0.25, 0.3) is 22.3 Å². The van der Waals surface area contributed by atoms with Crippen molar-refractivity contribution in [3.05, 3.63) is 29.6 Å². The van der Waals surface area contributed by atoms with E-state index in [-0.39, 0.29) is 37.9 Å². The van der Waals surface area contributed by atoms with Crippen molar-refractivity contribution >= 4 is 61.4 Å². The zero-order chi connectivity index (χ0) is 46.7. The van der Waals surface area contributed by atoms with Gasteiger partial charge in [-0.15, -0.1) is 11.3 Å². The lowest BCUT2D eigenvalue weighted by Crippen LogP contribution is -2.59. The molecule has 64 heavy (non-hydrogen) atoms. The van der Waals surface area contributed by atoms with Crippen LogP contribution in [0.1, 0.15) is 92.4 Å². The second-order valence-corrected chi connectivity index (χ2v) is 22.0. The number of pyridine rings is 1. The third kappa shape index (κ3) is 11.2. The predicted molar refractivity (Wildman–Crippen MR) is 246 cm³/mol. The van der Waals surface area contributed by atoms with Gasteiger partial charge in [-0.05, 0) is 56.6 Å². The van der Waals surface area contributed by atoms with Crippen molar-refractivity contribution in [2.45, 2.75) is 128 Å². The van der Waals surface area contributed by atoms with Gasteiger partial charge in [0.25, 0.3) is 10.2 Å². The molecule has 352 valence electrons. The molecule has 2 aliphatic heterocycles. The van der Waals surface area contributed by atoms with Gasteiger partial charge in [0, 0.05) is 69.1 Å². The molecule has 3 aromatic rings. The number of nitrogens with zero attached hydrogens (tertiary/aromatic N) is 5. The van der Waals surface area contributed by atoms with Crippen LogP contribution in [0, 0.1) is 11.3 Å². The van der Waals surface area contributed by atoms with Crippen LogP contribution in [0.5, 0.6) is 11.5 Å². The van der Waals surface area contributed by atoms with E-state index < -0.39 is 69.2 Å². The topological polar surface area (TPSA) is 225 Å². The predicted octanol–water partition coefficient (Wildman–Crippen LogP) is 5.06. The lowest BCUT2D eigenvalue weighted by molar-refractivity contribution is -0.145. The van der Waals surface area contributed by atoms with Gasteiger partial charge in [0.2, 0.25) is 11.8 Å². The maximum Gasteiger partial charge on any atom is 0.329 e. The highest BCUT2D eigenvalue weighted by Gasteiger charge is 2.62.